The van der Waals surface area contributed by atoms with E-state index in [2.05, 4.69) is 0 Å². The number of fused-ring (bicyclic) bond motifs is 1. The third-order valence-corrected chi connectivity index (χ3v) is 4.85. The number of rotatable bonds is 0. The standard InChI is InChI=1S/C11H11FO4S/c12-8-1-2-9-10(5-8)17(13,14)4-3-11(16-9)6-15-7-11/h1-2,5H,3-4,6-7H2. The number of hydrogen-bond acceptors (Lipinski definition) is 4. The van der Waals surface area contributed by atoms with Gasteiger partial charge in [0.15, 0.2) is 15.4 Å². The van der Waals surface area contributed by atoms with E-state index >= 15 is 0 Å². The molecule has 1 spiro atoms. The number of sulfone groups is 1. The van der Waals surface area contributed by atoms with E-state index in [1.807, 2.05) is 0 Å². The van der Waals surface area contributed by atoms with Crippen LogP contribution in [-0.4, -0.2) is 33.0 Å². The van der Waals surface area contributed by atoms with Crippen LogP contribution >= 0.6 is 0 Å². The van der Waals surface area contributed by atoms with Crippen molar-refractivity contribution in [2.45, 2.75) is 16.9 Å². The van der Waals surface area contributed by atoms with Crippen LogP contribution in [0.2, 0.25) is 0 Å². The lowest BCUT2D eigenvalue weighted by Crippen LogP contribution is -2.54. The molecule has 0 amide bonds. The summed E-state index contributed by atoms with van der Waals surface area (Å²) in [4.78, 5) is -0.0544. The van der Waals surface area contributed by atoms with Crippen LogP contribution in [0.3, 0.4) is 0 Å². The molecule has 2 heterocycles. The summed E-state index contributed by atoms with van der Waals surface area (Å²) in [7, 11) is -3.47. The van der Waals surface area contributed by atoms with Crippen molar-refractivity contribution in [2.24, 2.45) is 0 Å². The van der Waals surface area contributed by atoms with Crippen molar-refractivity contribution >= 4 is 9.84 Å². The molecule has 0 aromatic heterocycles. The molecule has 0 unspecified atom stereocenters. The van der Waals surface area contributed by atoms with Crippen LogP contribution in [0.25, 0.3) is 0 Å². The first kappa shape index (κ1) is 11.0. The summed E-state index contributed by atoms with van der Waals surface area (Å²) in [6, 6.07) is 3.59. The predicted octanol–water partition coefficient (Wildman–Crippen LogP) is 1.15. The van der Waals surface area contributed by atoms with Crippen molar-refractivity contribution in [3.63, 3.8) is 0 Å². The molecule has 3 rings (SSSR count). The van der Waals surface area contributed by atoms with Gasteiger partial charge in [-0.15, -0.1) is 0 Å². The van der Waals surface area contributed by atoms with Gasteiger partial charge in [0.1, 0.15) is 16.5 Å². The van der Waals surface area contributed by atoms with E-state index in [1.165, 1.54) is 12.1 Å². The fourth-order valence-electron chi connectivity index (χ4n) is 2.06. The molecule has 0 radical (unpaired) electrons. The average Bonchev–Trinajstić information content (AvgIpc) is 2.34. The second-order valence-corrected chi connectivity index (χ2v) is 6.52. The van der Waals surface area contributed by atoms with Crippen LogP contribution in [0.5, 0.6) is 5.75 Å². The average molecular weight is 258 g/mol. The highest BCUT2D eigenvalue weighted by atomic mass is 32.2. The van der Waals surface area contributed by atoms with Gasteiger partial charge in [0, 0.05) is 6.42 Å². The lowest BCUT2D eigenvalue weighted by Gasteiger charge is -2.40. The smallest absolute Gasteiger partial charge is 0.182 e. The van der Waals surface area contributed by atoms with Crippen LogP contribution < -0.4 is 4.74 Å². The molecule has 92 valence electrons. The third kappa shape index (κ3) is 1.71. The maximum absolute atomic E-state index is 13.1. The van der Waals surface area contributed by atoms with Gasteiger partial charge in [-0.05, 0) is 18.2 Å². The fourth-order valence-corrected chi connectivity index (χ4v) is 3.63. The zero-order chi connectivity index (χ0) is 12.1. The highest BCUT2D eigenvalue weighted by molar-refractivity contribution is 7.91. The van der Waals surface area contributed by atoms with E-state index < -0.39 is 21.3 Å². The summed E-state index contributed by atoms with van der Waals surface area (Å²) in [5.74, 6) is -0.378. The van der Waals surface area contributed by atoms with Crippen LogP contribution in [0, 0.1) is 5.82 Å². The molecule has 0 saturated carbocycles. The van der Waals surface area contributed by atoms with Crippen molar-refractivity contribution in [2.75, 3.05) is 19.0 Å². The largest absolute Gasteiger partial charge is 0.481 e. The normalized spacial score (nSPS) is 24.3. The summed E-state index contributed by atoms with van der Waals surface area (Å²) in [6.45, 7) is 0.776. The molecule has 1 aromatic rings. The maximum Gasteiger partial charge on any atom is 0.182 e. The molecule has 17 heavy (non-hydrogen) atoms. The lowest BCUT2D eigenvalue weighted by atomic mass is 9.98. The molecular formula is C11H11FO4S. The Balaban J connectivity index is 2.13. The van der Waals surface area contributed by atoms with Gasteiger partial charge in [0.05, 0.1) is 19.0 Å². The minimum Gasteiger partial charge on any atom is -0.481 e. The summed E-state index contributed by atoms with van der Waals surface area (Å²) < 4.78 is 47.9. The van der Waals surface area contributed by atoms with Gasteiger partial charge in [-0.25, -0.2) is 12.8 Å². The minimum atomic E-state index is -3.47. The molecule has 0 bridgehead atoms. The SMILES string of the molecule is O=S1(=O)CCC2(COC2)Oc2ccc(F)cc21. The van der Waals surface area contributed by atoms with Crippen molar-refractivity contribution in [3.8, 4) is 5.75 Å². The molecule has 1 fully saturated rings. The van der Waals surface area contributed by atoms with Gasteiger partial charge in [0.2, 0.25) is 0 Å². The molecule has 6 heteroatoms. The van der Waals surface area contributed by atoms with Gasteiger partial charge < -0.3 is 9.47 Å². The van der Waals surface area contributed by atoms with Crippen LogP contribution in [0.15, 0.2) is 23.1 Å². The van der Waals surface area contributed by atoms with Crippen molar-refractivity contribution < 1.29 is 22.3 Å². The Bertz CT molecular complexity index is 563. The molecule has 2 aliphatic rings. The molecule has 2 aliphatic heterocycles. The van der Waals surface area contributed by atoms with Crippen molar-refractivity contribution in [1.29, 1.82) is 0 Å². The molecule has 1 saturated heterocycles. The Morgan fingerprint density at radius 3 is 2.71 bits per heavy atom. The van der Waals surface area contributed by atoms with Crippen LogP contribution in [-0.2, 0) is 14.6 Å². The second kappa shape index (κ2) is 3.43. The van der Waals surface area contributed by atoms with E-state index in [9.17, 15) is 12.8 Å². The predicted molar refractivity (Wildman–Crippen MR) is 57.2 cm³/mol. The van der Waals surface area contributed by atoms with Crippen molar-refractivity contribution in [1.82, 2.24) is 0 Å². The van der Waals surface area contributed by atoms with E-state index in [-0.39, 0.29) is 16.4 Å². The Kier molecular flexibility index (Phi) is 2.21. The zero-order valence-electron chi connectivity index (χ0n) is 8.98. The molecule has 0 aliphatic carbocycles. The van der Waals surface area contributed by atoms with E-state index in [0.717, 1.165) is 6.07 Å². The van der Waals surface area contributed by atoms with Gasteiger partial charge in [-0.1, -0.05) is 0 Å². The first-order valence-corrected chi connectivity index (χ1v) is 6.95. The Morgan fingerprint density at radius 2 is 2.06 bits per heavy atom. The first-order valence-electron chi connectivity index (χ1n) is 5.30. The Labute approximate surface area is 98.3 Å². The lowest BCUT2D eigenvalue weighted by molar-refractivity contribution is -0.162. The summed E-state index contributed by atoms with van der Waals surface area (Å²) >= 11 is 0. The molecule has 0 N–H and O–H groups in total. The number of halogens is 1. The van der Waals surface area contributed by atoms with Crippen molar-refractivity contribution in [3.05, 3.63) is 24.0 Å². The monoisotopic (exact) mass is 258 g/mol. The number of hydrogen-bond donors (Lipinski definition) is 0. The van der Waals surface area contributed by atoms with E-state index in [0.29, 0.717) is 19.6 Å². The summed E-state index contributed by atoms with van der Waals surface area (Å²) in [6.07, 6.45) is 0.381. The molecule has 1 aromatic carbocycles. The van der Waals surface area contributed by atoms with Crippen LogP contribution in [0.4, 0.5) is 4.39 Å². The van der Waals surface area contributed by atoms with Gasteiger partial charge >= 0.3 is 0 Å². The summed E-state index contributed by atoms with van der Waals surface area (Å²) in [5, 5.41) is 0. The first-order chi connectivity index (χ1) is 8.01. The fraction of sp³-hybridized carbons (Fsp3) is 0.455. The second-order valence-electron chi connectivity index (χ2n) is 4.44. The number of ether oxygens (including phenoxy) is 2. The minimum absolute atomic E-state index is 0.0349. The van der Waals surface area contributed by atoms with E-state index in [4.69, 9.17) is 9.47 Å². The van der Waals surface area contributed by atoms with Gasteiger partial charge in [-0.2, -0.15) is 0 Å². The van der Waals surface area contributed by atoms with Gasteiger partial charge in [-0.3, -0.25) is 0 Å². The molecule has 4 nitrogen and oxygen atoms in total. The Hall–Kier alpha value is -1.14. The third-order valence-electron chi connectivity index (χ3n) is 3.12. The maximum atomic E-state index is 13.1. The quantitative estimate of drug-likeness (QED) is 0.700. The highest BCUT2D eigenvalue weighted by Gasteiger charge is 2.45. The molecule has 0 atom stereocenters. The van der Waals surface area contributed by atoms with Gasteiger partial charge in [0.25, 0.3) is 0 Å². The topological polar surface area (TPSA) is 52.6 Å². The number of benzene rings is 1. The molecular weight excluding hydrogens is 247 g/mol. The Morgan fingerprint density at radius 1 is 1.29 bits per heavy atom. The van der Waals surface area contributed by atoms with E-state index in [1.54, 1.807) is 0 Å². The zero-order valence-corrected chi connectivity index (χ0v) is 9.80. The summed E-state index contributed by atoms with van der Waals surface area (Å²) in [5.41, 5.74) is -0.545. The van der Waals surface area contributed by atoms with Crippen LogP contribution in [0.1, 0.15) is 6.42 Å². The highest BCUT2D eigenvalue weighted by Crippen LogP contribution is 2.37.